The zero-order chi connectivity index (χ0) is 9.61. The van der Waals surface area contributed by atoms with Crippen LogP contribution in [0.1, 0.15) is 12.8 Å². The maximum Gasteiger partial charge on any atom is 0.218 e. The number of carbonyl (C=O) groups is 1. The fraction of sp³-hybridized carbons (Fsp3) is 0.857. The first-order valence-electron chi connectivity index (χ1n) is 3.71. The second kappa shape index (κ2) is 5.08. The van der Waals surface area contributed by atoms with Crippen LogP contribution in [-0.4, -0.2) is 41.0 Å². The second-order valence-corrected chi connectivity index (χ2v) is 2.93. The van der Waals surface area contributed by atoms with Crippen LogP contribution in [-0.2, 0) is 4.79 Å². The number of hydrogen-bond acceptors (Lipinski definition) is 4. The molecule has 0 rings (SSSR count). The molecule has 0 aliphatic carbocycles. The van der Waals surface area contributed by atoms with E-state index in [4.69, 9.17) is 21.1 Å². The highest BCUT2D eigenvalue weighted by Crippen LogP contribution is 2.24. The van der Waals surface area contributed by atoms with Gasteiger partial charge >= 0.3 is 0 Å². The SMILES string of the molecule is NC(=O)CC(CO)(CO)CCO. The monoisotopic (exact) mass is 177 g/mol. The highest BCUT2D eigenvalue weighted by Gasteiger charge is 2.30. The van der Waals surface area contributed by atoms with Crippen LogP contribution in [0.3, 0.4) is 0 Å². The standard InChI is InChI=1S/C7H15NO4/c8-6(12)3-7(4-10,5-11)1-2-9/h9-11H,1-5H2,(H2,8,12). The van der Waals surface area contributed by atoms with Crippen LogP contribution in [0.25, 0.3) is 0 Å². The summed E-state index contributed by atoms with van der Waals surface area (Å²) < 4.78 is 0. The summed E-state index contributed by atoms with van der Waals surface area (Å²) in [7, 11) is 0. The highest BCUT2D eigenvalue weighted by atomic mass is 16.3. The lowest BCUT2D eigenvalue weighted by atomic mass is 9.83. The molecule has 12 heavy (non-hydrogen) atoms. The molecule has 0 aromatic heterocycles. The third kappa shape index (κ3) is 3.17. The molecule has 0 aliphatic heterocycles. The van der Waals surface area contributed by atoms with E-state index in [-0.39, 0.29) is 32.7 Å². The van der Waals surface area contributed by atoms with Crippen molar-refractivity contribution in [3.63, 3.8) is 0 Å². The summed E-state index contributed by atoms with van der Waals surface area (Å²) in [4.78, 5) is 10.5. The molecule has 0 aromatic rings. The molecule has 0 unspecified atom stereocenters. The Hall–Kier alpha value is -0.650. The zero-order valence-corrected chi connectivity index (χ0v) is 6.86. The molecule has 0 heterocycles. The third-order valence-corrected chi connectivity index (χ3v) is 1.86. The van der Waals surface area contributed by atoms with Crippen molar-refractivity contribution in [2.45, 2.75) is 12.8 Å². The van der Waals surface area contributed by atoms with Gasteiger partial charge in [-0.2, -0.15) is 0 Å². The van der Waals surface area contributed by atoms with E-state index in [1.165, 1.54) is 0 Å². The van der Waals surface area contributed by atoms with E-state index in [1.807, 2.05) is 0 Å². The first kappa shape index (κ1) is 11.4. The van der Waals surface area contributed by atoms with E-state index in [2.05, 4.69) is 0 Å². The number of aliphatic hydroxyl groups is 3. The number of rotatable bonds is 6. The lowest BCUT2D eigenvalue weighted by Crippen LogP contribution is -2.35. The Morgan fingerprint density at radius 2 is 1.75 bits per heavy atom. The highest BCUT2D eigenvalue weighted by molar-refractivity contribution is 5.74. The Morgan fingerprint density at radius 1 is 1.25 bits per heavy atom. The molecule has 5 N–H and O–H groups in total. The molecule has 5 heteroatoms. The molecule has 0 fully saturated rings. The van der Waals surface area contributed by atoms with E-state index in [0.717, 1.165) is 0 Å². The average molecular weight is 177 g/mol. The van der Waals surface area contributed by atoms with Crippen molar-refractivity contribution in [3.8, 4) is 0 Å². The second-order valence-electron chi connectivity index (χ2n) is 2.93. The van der Waals surface area contributed by atoms with Crippen LogP contribution >= 0.6 is 0 Å². The molecule has 72 valence electrons. The summed E-state index contributed by atoms with van der Waals surface area (Å²) >= 11 is 0. The van der Waals surface area contributed by atoms with Crippen LogP contribution in [0.2, 0.25) is 0 Å². The molecule has 0 saturated carbocycles. The summed E-state index contributed by atoms with van der Waals surface area (Å²) in [5.41, 5.74) is 3.96. The van der Waals surface area contributed by atoms with Gasteiger partial charge in [-0.05, 0) is 6.42 Å². The van der Waals surface area contributed by atoms with Crippen LogP contribution in [0.5, 0.6) is 0 Å². The zero-order valence-electron chi connectivity index (χ0n) is 6.86. The predicted molar refractivity (Wildman–Crippen MR) is 42.1 cm³/mol. The van der Waals surface area contributed by atoms with Gasteiger partial charge in [-0.1, -0.05) is 0 Å². The number of nitrogens with two attached hydrogens (primary N) is 1. The Kier molecular flexibility index (Phi) is 4.80. The number of primary amides is 1. The smallest absolute Gasteiger partial charge is 0.218 e. The van der Waals surface area contributed by atoms with E-state index in [1.54, 1.807) is 0 Å². The van der Waals surface area contributed by atoms with Crippen molar-refractivity contribution >= 4 is 5.91 Å². The Balaban J connectivity index is 4.23. The van der Waals surface area contributed by atoms with E-state index >= 15 is 0 Å². The quantitative estimate of drug-likeness (QED) is 0.385. The first-order chi connectivity index (χ1) is 5.60. The minimum atomic E-state index is -0.958. The minimum Gasteiger partial charge on any atom is -0.396 e. The molecule has 0 radical (unpaired) electrons. The summed E-state index contributed by atoms with van der Waals surface area (Å²) in [6.07, 6.45) is 0.0590. The Labute approximate surface area is 70.8 Å². The lowest BCUT2D eigenvalue weighted by Gasteiger charge is -2.27. The maximum absolute atomic E-state index is 10.5. The summed E-state index contributed by atoms with van der Waals surface area (Å²) in [6.45, 7) is -0.894. The molecule has 0 saturated heterocycles. The predicted octanol–water partition coefficient (Wildman–Crippen LogP) is -1.78. The van der Waals surface area contributed by atoms with E-state index in [9.17, 15) is 4.79 Å². The minimum absolute atomic E-state index is 0.111. The third-order valence-electron chi connectivity index (χ3n) is 1.86. The molecular formula is C7H15NO4. The Morgan fingerprint density at radius 3 is 2.00 bits per heavy atom. The van der Waals surface area contributed by atoms with Crippen molar-refractivity contribution in [2.75, 3.05) is 19.8 Å². The molecule has 0 bridgehead atoms. The summed E-state index contributed by atoms with van der Waals surface area (Å²) in [5.74, 6) is -0.591. The number of carbonyl (C=O) groups excluding carboxylic acids is 1. The van der Waals surface area contributed by atoms with Gasteiger partial charge in [0.2, 0.25) is 5.91 Å². The van der Waals surface area contributed by atoms with Crippen molar-refractivity contribution in [3.05, 3.63) is 0 Å². The molecule has 0 spiro atoms. The van der Waals surface area contributed by atoms with Crippen LogP contribution < -0.4 is 5.73 Å². The summed E-state index contributed by atoms with van der Waals surface area (Å²) in [5, 5.41) is 26.4. The van der Waals surface area contributed by atoms with Gasteiger partial charge in [-0.25, -0.2) is 0 Å². The van der Waals surface area contributed by atoms with Gasteiger partial charge in [0, 0.05) is 18.4 Å². The molecular weight excluding hydrogens is 162 g/mol. The normalized spacial score (nSPS) is 11.6. The molecule has 0 atom stereocenters. The van der Waals surface area contributed by atoms with Gasteiger partial charge in [-0.3, -0.25) is 4.79 Å². The van der Waals surface area contributed by atoms with Gasteiger partial charge in [0.15, 0.2) is 0 Å². The van der Waals surface area contributed by atoms with Gasteiger partial charge in [0.1, 0.15) is 0 Å². The van der Waals surface area contributed by atoms with Crippen molar-refractivity contribution in [1.82, 2.24) is 0 Å². The van der Waals surface area contributed by atoms with Gasteiger partial charge in [0.25, 0.3) is 0 Å². The van der Waals surface area contributed by atoms with E-state index in [0.29, 0.717) is 0 Å². The molecule has 5 nitrogen and oxygen atoms in total. The van der Waals surface area contributed by atoms with Gasteiger partial charge < -0.3 is 21.1 Å². The fourth-order valence-electron chi connectivity index (χ4n) is 1.02. The van der Waals surface area contributed by atoms with Crippen LogP contribution in [0.15, 0.2) is 0 Å². The van der Waals surface area contributed by atoms with Crippen LogP contribution in [0.4, 0.5) is 0 Å². The first-order valence-corrected chi connectivity index (χ1v) is 3.71. The molecule has 1 amide bonds. The topological polar surface area (TPSA) is 104 Å². The van der Waals surface area contributed by atoms with Crippen molar-refractivity contribution < 1.29 is 20.1 Å². The maximum atomic E-state index is 10.5. The Bertz CT molecular complexity index is 144. The lowest BCUT2D eigenvalue weighted by molar-refractivity contribution is -0.122. The van der Waals surface area contributed by atoms with Crippen LogP contribution in [0, 0.1) is 5.41 Å². The number of amides is 1. The van der Waals surface area contributed by atoms with E-state index < -0.39 is 11.3 Å². The number of hydrogen-bond donors (Lipinski definition) is 4. The van der Waals surface area contributed by atoms with Crippen molar-refractivity contribution in [1.29, 1.82) is 0 Å². The summed E-state index contributed by atoms with van der Waals surface area (Å²) in [6, 6.07) is 0. The average Bonchev–Trinajstić information content (AvgIpc) is 2.03. The molecule has 0 aliphatic rings. The van der Waals surface area contributed by atoms with Gasteiger partial charge in [-0.15, -0.1) is 0 Å². The number of aliphatic hydroxyl groups excluding tert-OH is 3. The fourth-order valence-corrected chi connectivity index (χ4v) is 1.02. The molecule has 0 aromatic carbocycles. The van der Waals surface area contributed by atoms with Crippen molar-refractivity contribution in [2.24, 2.45) is 11.1 Å². The largest absolute Gasteiger partial charge is 0.396 e. The van der Waals surface area contributed by atoms with Gasteiger partial charge in [0.05, 0.1) is 13.2 Å².